The van der Waals surface area contributed by atoms with Gasteiger partial charge in [0.15, 0.2) is 0 Å². The summed E-state index contributed by atoms with van der Waals surface area (Å²) in [6.07, 6.45) is 6.23. The number of hydrogen-bond acceptors (Lipinski definition) is 3. The Morgan fingerprint density at radius 1 is 1.07 bits per heavy atom. The molecular formula is C24H22ClN3O. The molecule has 1 N–H and O–H groups in total. The number of amides is 1. The van der Waals surface area contributed by atoms with Crippen LogP contribution < -0.4 is 5.32 Å². The number of benzene rings is 2. The van der Waals surface area contributed by atoms with Crippen LogP contribution in [0.15, 0.2) is 78.1 Å². The van der Waals surface area contributed by atoms with Gasteiger partial charge in [0.25, 0.3) is 5.91 Å². The Balaban J connectivity index is 1.42. The van der Waals surface area contributed by atoms with Gasteiger partial charge >= 0.3 is 0 Å². The summed E-state index contributed by atoms with van der Waals surface area (Å²) in [6, 6.07) is 19.7. The molecule has 0 bridgehead atoms. The smallest absolute Gasteiger partial charge is 0.255 e. The lowest BCUT2D eigenvalue weighted by Crippen LogP contribution is -2.31. The molecule has 3 aromatic rings. The van der Waals surface area contributed by atoms with Crippen molar-refractivity contribution in [3.05, 3.63) is 100 Å². The number of hydrogen-bond donors (Lipinski definition) is 1. The molecule has 0 atom stereocenters. The lowest BCUT2D eigenvalue weighted by molar-refractivity contribution is 0.102. The van der Waals surface area contributed by atoms with Gasteiger partial charge in [-0.2, -0.15) is 0 Å². The summed E-state index contributed by atoms with van der Waals surface area (Å²) in [7, 11) is 0. The van der Waals surface area contributed by atoms with Gasteiger partial charge in [0.05, 0.1) is 0 Å². The molecule has 0 unspecified atom stereocenters. The number of carbonyl (C=O) groups is 1. The van der Waals surface area contributed by atoms with E-state index in [-0.39, 0.29) is 5.91 Å². The summed E-state index contributed by atoms with van der Waals surface area (Å²) in [5.41, 5.74) is 5.06. The molecule has 0 spiro atoms. The molecule has 0 aliphatic carbocycles. The van der Waals surface area contributed by atoms with Crippen molar-refractivity contribution >= 4 is 29.3 Å². The van der Waals surface area contributed by atoms with Gasteiger partial charge in [-0.25, -0.2) is 0 Å². The van der Waals surface area contributed by atoms with Gasteiger partial charge in [-0.1, -0.05) is 48.0 Å². The van der Waals surface area contributed by atoms with E-state index < -0.39 is 0 Å². The Morgan fingerprint density at radius 3 is 2.66 bits per heavy atom. The SMILES string of the molecule is O=C(Nc1ccc2c(c1)CN(C/C(Cl)=C/c1ccccc1)CC2)c1ccncc1. The maximum Gasteiger partial charge on any atom is 0.255 e. The Bertz CT molecular complexity index is 1020. The number of rotatable bonds is 5. The summed E-state index contributed by atoms with van der Waals surface area (Å²) in [5.74, 6) is -0.131. The van der Waals surface area contributed by atoms with Gasteiger partial charge in [-0.05, 0) is 53.5 Å². The van der Waals surface area contributed by atoms with E-state index in [1.807, 2.05) is 42.5 Å². The molecule has 2 heterocycles. The quantitative estimate of drug-likeness (QED) is 0.654. The van der Waals surface area contributed by atoms with Crippen molar-refractivity contribution in [2.75, 3.05) is 18.4 Å². The van der Waals surface area contributed by atoms with Gasteiger partial charge in [0.2, 0.25) is 0 Å². The van der Waals surface area contributed by atoms with Gasteiger partial charge in [0.1, 0.15) is 0 Å². The molecule has 4 rings (SSSR count). The molecule has 0 fully saturated rings. The zero-order valence-corrected chi connectivity index (χ0v) is 16.8. The van der Waals surface area contributed by atoms with E-state index in [1.165, 1.54) is 11.1 Å². The average molecular weight is 404 g/mol. The average Bonchev–Trinajstić information content (AvgIpc) is 2.75. The Morgan fingerprint density at radius 2 is 1.86 bits per heavy atom. The first-order chi connectivity index (χ1) is 14.2. The number of anilines is 1. The first-order valence-electron chi connectivity index (χ1n) is 9.64. The Labute approximate surface area is 175 Å². The summed E-state index contributed by atoms with van der Waals surface area (Å²) in [4.78, 5) is 18.7. The second-order valence-electron chi connectivity index (χ2n) is 7.14. The third-order valence-corrected chi connectivity index (χ3v) is 5.22. The summed E-state index contributed by atoms with van der Waals surface area (Å²) in [6.45, 7) is 2.49. The fourth-order valence-corrected chi connectivity index (χ4v) is 3.82. The van der Waals surface area contributed by atoms with Gasteiger partial charge in [-0.15, -0.1) is 0 Å². The molecule has 4 nitrogen and oxygen atoms in total. The predicted octanol–water partition coefficient (Wildman–Crippen LogP) is 4.97. The third kappa shape index (κ3) is 5.11. The Hall–Kier alpha value is -2.95. The predicted molar refractivity (Wildman–Crippen MR) is 118 cm³/mol. The second-order valence-corrected chi connectivity index (χ2v) is 7.62. The van der Waals surface area contributed by atoms with Crippen molar-refractivity contribution in [3.63, 3.8) is 0 Å². The first kappa shape index (κ1) is 19.4. The number of nitrogens with one attached hydrogen (secondary N) is 1. The van der Waals surface area contributed by atoms with Crippen LogP contribution in [0.25, 0.3) is 6.08 Å². The van der Waals surface area contributed by atoms with Crippen LogP contribution in [-0.2, 0) is 13.0 Å². The normalized spacial score (nSPS) is 14.3. The molecule has 1 aliphatic heterocycles. The molecule has 146 valence electrons. The van der Waals surface area contributed by atoms with E-state index in [4.69, 9.17) is 11.6 Å². The molecule has 5 heteroatoms. The highest BCUT2D eigenvalue weighted by molar-refractivity contribution is 6.31. The third-order valence-electron chi connectivity index (χ3n) is 5.00. The summed E-state index contributed by atoms with van der Waals surface area (Å²) in [5, 5.41) is 3.80. The number of halogens is 1. The number of nitrogens with zero attached hydrogens (tertiary/aromatic N) is 2. The van der Waals surface area contributed by atoms with Crippen LogP contribution in [-0.4, -0.2) is 28.9 Å². The first-order valence-corrected chi connectivity index (χ1v) is 10.0. The number of aromatic nitrogens is 1. The highest BCUT2D eigenvalue weighted by Crippen LogP contribution is 2.24. The number of fused-ring (bicyclic) bond motifs is 1. The maximum absolute atomic E-state index is 12.4. The lowest BCUT2D eigenvalue weighted by atomic mass is 9.99. The van der Waals surface area contributed by atoms with E-state index in [1.54, 1.807) is 24.5 Å². The number of pyridine rings is 1. The van der Waals surface area contributed by atoms with E-state index in [0.717, 1.165) is 35.8 Å². The van der Waals surface area contributed by atoms with Crippen LogP contribution in [0.3, 0.4) is 0 Å². The van der Waals surface area contributed by atoms with E-state index in [0.29, 0.717) is 12.1 Å². The zero-order chi connectivity index (χ0) is 20.1. The molecule has 1 aliphatic rings. The molecule has 0 saturated carbocycles. The van der Waals surface area contributed by atoms with Crippen LogP contribution in [0.4, 0.5) is 5.69 Å². The van der Waals surface area contributed by atoms with Crippen molar-refractivity contribution in [2.45, 2.75) is 13.0 Å². The molecule has 0 saturated heterocycles. The van der Waals surface area contributed by atoms with Crippen LogP contribution in [0.2, 0.25) is 0 Å². The van der Waals surface area contributed by atoms with Crippen molar-refractivity contribution in [3.8, 4) is 0 Å². The minimum Gasteiger partial charge on any atom is -0.322 e. The standard InChI is InChI=1S/C24H22ClN3O/c25-22(14-18-4-2-1-3-5-18)17-28-13-10-19-6-7-23(15-21(19)16-28)27-24(29)20-8-11-26-12-9-20/h1-9,11-12,14-15H,10,13,16-17H2,(H,27,29)/b22-14-. The molecule has 1 aromatic heterocycles. The van der Waals surface area contributed by atoms with Gasteiger partial charge in [0, 0.05) is 48.3 Å². The van der Waals surface area contributed by atoms with Crippen molar-refractivity contribution in [1.82, 2.24) is 9.88 Å². The van der Waals surface area contributed by atoms with Crippen LogP contribution in [0.1, 0.15) is 27.0 Å². The van der Waals surface area contributed by atoms with Crippen molar-refractivity contribution in [2.24, 2.45) is 0 Å². The fraction of sp³-hybridized carbons (Fsp3) is 0.167. The van der Waals surface area contributed by atoms with Crippen LogP contribution >= 0.6 is 11.6 Å². The van der Waals surface area contributed by atoms with E-state index >= 15 is 0 Å². The fourth-order valence-electron chi connectivity index (χ4n) is 3.52. The van der Waals surface area contributed by atoms with Crippen LogP contribution in [0.5, 0.6) is 0 Å². The highest BCUT2D eigenvalue weighted by Gasteiger charge is 2.18. The number of carbonyl (C=O) groups excluding carboxylic acids is 1. The molecule has 0 radical (unpaired) electrons. The lowest BCUT2D eigenvalue weighted by Gasteiger charge is -2.29. The second kappa shape index (κ2) is 9.03. The minimum atomic E-state index is -0.131. The van der Waals surface area contributed by atoms with E-state index in [2.05, 4.69) is 27.3 Å². The molecule has 29 heavy (non-hydrogen) atoms. The maximum atomic E-state index is 12.4. The Kier molecular flexibility index (Phi) is 6.03. The minimum absolute atomic E-state index is 0.131. The largest absolute Gasteiger partial charge is 0.322 e. The van der Waals surface area contributed by atoms with Gasteiger partial charge < -0.3 is 5.32 Å². The van der Waals surface area contributed by atoms with Crippen LogP contribution in [0, 0.1) is 0 Å². The highest BCUT2D eigenvalue weighted by atomic mass is 35.5. The molecule has 2 aromatic carbocycles. The van der Waals surface area contributed by atoms with Crippen molar-refractivity contribution in [1.29, 1.82) is 0 Å². The summed E-state index contributed by atoms with van der Waals surface area (Å²) < 4.78 is 0. The topological polar surface area (TPSA) is 45.2 Å². The van der Waals surface area contributed by atoms with E-state index in [9.17, 15) is 4.79 Å². The molecular weight excluding hydrogens is 382 g/mol. The monoisotopic (exact) mass is 403 g/mol. The van der Waals surface area contributed by atoms with Crippen molar-refractivity contribution < 1.29 is 4.79 Å². The van der Waals surface area contributed by atoms with Gasteiger partial charge in [-0.3, -0.25) is 14.7 Å². The zero-order valence-electron chi connectivity index (χ0n) is 16.0. The summed E-state index contributed by atoms with van der Waals surface area (Å²) >= 11 is 6.50. The molecule has 1 amide bonds.